The highest BCUT2D eigenvalue weighted by molar-refractivity contribution is 6.30. The molecule has 0 aliphatic carbocycles. The highest BCUT2D eigenvalue weighted by Gasteiger charge is 2.19. The Kier molecular flexibility index (Phi) is 10.2. The summed E-state index contributed by atoms with van der Waals surface area (Å²) in [5.74, 6) is 6.44. The largest absolute Gasteiger partial charge is 0.453 e. The monoisotopic (exact) mass is 576 g/mol. The number of halogens is 1. The molecule has 1 aliphatic heterocycles. The summed E-state index contributed by atoms with van der Waals surface area (Å²) in [6.45, 7) is 3.30. The van der Waals surface area contributed by atoms with Crippen LogP contribution in [-0.4, -0.2) is 42.1 Å². The lowest BCUT2D eigenvalue weighted by atomic mass is 9.97. The second kappa shape index (κ2) is 14.2. The van der Waals surface area contributed by atoms with Crippen LogP contribution in [0.3, 0.4) is 0 Å². The van der Waals surface area contributed by atoms with Gasteiger partial charge in [0.2, 0.25) is 5.91 Å². The summed E-state index contributed by atoms with van der Waals surface area (Å²) < 4.78 is 4.72. The van der Waals surface area contributed by atoms with E-state index in [1.54, 1.807) is 30.5 Å². The van der Waals surface area contributed by atoms with Crippen molar-refractivity contribution in [1.82, 2.24) is 15.3 Å². The van der Waals surface area contributed by atoms with Crippen LogP contribution < -0.4 is 21.5 Å². The number of nitrogens with zero attached hydrogens (tertiary/aromatic N) is 4. The van der Waals surface area contributed by atoms with Crippen molar-refractivity contribution in [2.75, 3.05) is 17.4 Å². The minimum absolute atomic E-state index is 0.283. The standard InChI is InChI=1S/C29H33ClN8O3/c1-32-34-18-38(31)26-13-10-21(30)15-20(26)9-14-27(39)36-24-8-6-4-3-5-7-19-16-22(35-29(40)41-2)11-12-23(19)25-17-33-28(24)37-25/h9-18,24H,1,3-8,31H2,2H3,(H,33,37)(H,35,40)(H,36,39)/b14-9+,34-18-/t24-/m0/s1. The lowest BCUT2D eigenvalue weighted by molar-refractivity contribution is -0.117. The Morgan fingerprint density at radius 3 is 2.85 bits per heavy atom. The molecular formula is C29H33ClN8O3. The molecule has 1 aliphatic rings. The van der Waals surface area contributed by atoms with Crippen molar-refractivity contribution in [3.8, 4) is 11.3 Å². The number of fused-ring (bicyclic) bond motifs is 4. The van der Waals surface area contributed by atoms with Crippen LogP contribution in [0.1, 0.15) is 55.1 Å². The Bertz CT molecular complexity index is 1450. The molecule has 0 saturated heterocycles. The maximum absolute atomic E-state index is 13.1. The average Bonchev–Trinajstić information content (AvgIpc) is 3.45. The van der Waals surface area contributed by atoms with E-state index in [-0.39, 0.29) is 11.9 Å². The summed E-state index contributed by atoms with van der Waals surface area (Å²) in [6, 6.07) is 10.6. The number of aromatic amines is 1. The van der Waals surface area contributed by atoms with Gasteiger partial charge in [0.15, 0.2) is 0 Å². The number of hydrogen-bond donors (Lipinski definition) is 4. The van der Waals surface area contributed by atoms with E-state index < -0.39 is 6.09 Å². The number of hydrazine groups is 1. The molecule has 0 unspecified atom stereocenters. The molecular weight excluding hydrogens is 544 g/mol. The van der Waals surface area contributed by atoms with E-state index in [0.29, 0.717) is 27.8 Å². The van der Waals surface area contributed by atoms with E-state index in [9.17, 15) is 9.59 Å². The van der Waals surface area contributed by atoms with Gasteiger partial charge >= 0.3 is 6.09 Å². The van der Waals surface area contributed by atoms with Crippen LogP contribution in [0.2, 0.25) is 5.02 Å². The van der Waals surface area contributed by atoms with Crippen LogP contribution in [0.25, 0.3) is 17.3 Å². The minimum Gasteiger partial charge on any atom is -0.453 e. The van der Waals surface area contributed by atoms with E-state index >= 15 is 0 Å². The lowest BCUT2D eigenvalue weighted by Gasteiger charge is -2.17. The number of imidazole rings is 1. The molecule has 12 heteroatoms. The third kappa shape index (κ3) is 8.03. The number of nitrogens with one attached hydrogen (secondary N) is 3. The van der Waals surface area contributed by atoms with Gasteiger partial charge in [0.25, 0.3) is 0 Å². The summed E-state index contributed by atoms with van der Waals surface area (Å²) in [6.07, 6.45) is 11.3. The first-order valence-electron chi connectivity index (χ1n) is 13.2. The number of ether oxygens (including phenoxy) is 1. The van der Waals surface area contributed by atoms with Crippen molar-refractivity contribution < 1.29 is 14.3 Å². The van der Waals surface area contributed by atoms with Crippen LogP contribution in [-0.2, 0) is 16.0 Å². The van der Waals surface area contributed by atoms with Gasteiger partial charge in [0.1, 0.15) is 12.2 Å². The molecule has 11 nitrogen and oxygen atoms in total. The molecule has 3 aromatic rings. The number of hydrogen-bond acceptors (Lipinski definition) is 7. The minimum atomic E-state index is -0.514. The van der Waals surface area contributed by atoms with E-state index in [0.717, 1.165) is 55.3 Å². The van der Waals surface area contributed by atoms with Gasteiger partial charge in [0, 0.05) is 34.6 Å². The number of methoxy groups -OCH3 is 1. The number of anilines is 2. The molecule has 2 amide bonds. The number of aryl methyl sites for hydroxylation is 1. The fourth-order valence-electron chi connectivity index (χ4n) is 4.69. The Hall–Kier alpha value is -4.48. The maximum atomic E-state index is 13.1. The summed E-state index contributed by atoms with van der Waals surface area (Å²) in [5, 5.41) is 14.7. The van der Waals surface area contributed by atoms with Crippen molar-refractivity contribution in [2.24, 2.45) is 16.0 Å². The first-order chi connectivity index (χ1) is 19.9. The zero-order valence-electron chi connectivity index (χ0n) is 22.8. The summed E-state index contributed by atoms with van der Waals surface area (Å²) >= 11 is 6.19. The molecule has 0 spiro atoms. The molecule has 0 radical (unpaired) electrons. The first-order valence-corrected chi connectivity index (χ1v) is 13.6. The second-order valence-corrected chi connectivity index (χ2v) is 9.94. The molecule has 214 valence electrons. The van der Waals surface area contributed by atoms with Crippen LogP contribution >= 0.6 is 11.6 Å². The molecule has 41 heavy (non-hydrogen) atoms. The van der Waals surface area contributed by atoms with E-state index in [4.69, 9.17) is 22.2 Å². The van der Waals surface area contributed by atoms with Gasteiger partial charge in [-0.05, 0) is 61.2 Å². The van der Waals surface area contributed by atoms with Gasteiger partial charge in [-0.2, -0.15) is 5.10 Å². The summed E-state index contributed by atoms with van der Waals surface area (Å²) in [5.41, 5.74) is 4.82. The zero-order valence-corrected chi connectivity index (χ0v) is 23.5. The summed E-state index contributed by atoms with van der Waals surface area (Å²) in [4.78, 5) is 32.8. The van der Waals surface area contributed by atoms with Crippen molar-refractivity contribution in [3.63, 3.8) is 0 Å². The molecule has 4 rings (SSSR count). The fraction of sp³-hybridized carbons (Fsp3) is 0.276. The molecule has 0 fully saturated rings. The van der Waals surface area contributed by atoms with Crippen LogP contribution in [0.15, 0.2) is 58.9 Å². The predicted octanol–water partition coefficient (Wildman–Crippen LogP) is 5.61. The van der Waals surface area contributed by atoms with Crippen LogP contribution in [0, 0.1) is 0 Å². The number of rotatable bonds is 7. The second-order valence-electron chi connectivity index (χ2n) is 9.50. The number of benzene rings is 2. The smallest absolute Gasteiger partial charge is 0.411 e. The maximum Gasteiger partial charge on any atom is 0.411 e. The van der Waals surface area contributed by atoms with Gasteiger partial charge in [-0.15, -0.1) is 5.10 Å². The first kappa shape index (κ1) is 29.5. The number of carbonyl (C=O) groups excluding carboxylic acids is 2. The molecule has 0 saturated carbocycles. The van der Waals surface area contributed by atoms with Crippen molar-refractivity contribution in [1.29, 1.82) is 0 Å². The van der Waals surface area contributed by atoms with Gasteiger partial charge in [-0.25, -0.2) is 15.6 Å². The van der Waals surface area contributed by atoms with E-state index in [1.165, 1.54) is 24.5 Å². The molecule has 5 N–H and O–H groups in total. The quantitative estimate of drug-likeness (QED) is 0.0943. The number of amides is 2. The van der Waals surface area contributed by atoms with Crippen molar-refractivity contribution in [2.45, 2.75) is 44.6 Å². The number of carbonyl (C=O) groups is 2. The van der Waals surface area contributed by atoms with Gasteiger partial charge in [0.05, 0.1) is 30.7 Å². The topological polar surface area (TPSA) is 150 Å². The summed E-state index contributed by atoms with van der Waals surface area (Å²) in [7, 11) is 1.33. The number of aromatic nitrogens is 2. The number of H-pyrrole nitrogens is 1. The van der Waals surface area contributed by atoms with Gasteiger partial charge < -0.3 is 15.0 Å². The third-order valence-corrected chi connectivity index (χ3v) is 6.93. The van der Waals surface area contributed by atoms with Crippen LogP contribution in [0.4, 0.5) is 16.2 Å². The third-order valence-electron chi connectivity index (χ3n) is 6.70. The zero-order chi connectivity index (χ0) is 29.2. The van der Waals surface area contributed by atoms with Gasteiger partial charge in [-0.3, -0.25) is 15.1 Å². The molecule has 1 atom stereocenters. The molecule has 2 aromatic carbocycles. The normalized spacial score (nSPS) is 15.4. The SMILES string of the molecule is C=N/N=C\N(N)c1ccc(Cl)cc1/C=C/C(=O)N[C@H]1CCCCCCc2cc(NC(=O)OC)ccc2-c2cnc1[nH]2. The number of nitrogens with two attached hydrogens (primary N) is 1. The van der Waals surface area contributed by atoms with E-state index in [2.05, 4.69) is 37.5 Å². The highest BCUT2D eigenvalue weighted by atomic mass is 35.5. The molecule has 1 aromatic heterocycles. The Labute approximate surface area is 243 Å². The van der Waals surface area contributed by atoms with Crippen molar-refractivity contribution in [3.05, 3.63) is 70.6 Å². The molecule has 2 bridgehead atoms. The van der Waals surface area contributed by atoms with Crippen molar-refractivity contribution >= 4 is 54.1 Å². The molecule has 2 heterocycles. The highest BCUT2D eigenvalue weighted by Crippen LogP contribution is 2.30. The Morgan fingerprint density at radius 1 is 1.22 bits per heavy atom. The Morgan fingerprint density at radius 2 is 2.05 bits per heavy atom. The lowest BCUT2D eigenvalue weighted by Crippen LogP contribution is -2.29. The van der Waals surface area contributed by atoms with E-state index in [1.807, 2.05) is 18.2 Å². The Balaban J connectivity index is 1.55. The van der Waals surface area contributed by atoms with Crippen LogP contribution in [0.5, 0.6) is 0 Å². The fourth-order valence-corrected chi connectivity index (χ4v) is 4.87. The van der Waals surface area contributed by atoms with Gasteiger partial charge in [-0.1, -0.05) is 36.9 Å². The average molecular weight is 577 g/mol. The predicted molar refractivity (Wildman–Crippen MR) is 163 cm³/mol.